The number of carbonyl (C=O) groups excluding carboxylic acids is 2. The second-order valence-corrected chi connectivity index (χ2v) is 4.90. The van der Waals surface area contributed by atoms with Gasteiger partial charge >= 0.3 is 0 Å². The number of hydrogen-bond donors (Lipinski definition) is 4. The Bertz CT molecular complexity index is 286. The summed E-state index contributed by atoms with van der Waals surface area (Å²) in [5, 5.41) is 15.3. The summed E-state index contributed by atoms with van der Waals surface area (Å²) >= 11 is 0. The van der Waals surface area contributed by atoms with E-state index in [0.29, 0.717) is 0 Å². The molecule has 0 unspecified atom stereocenters. The van der Waals surface area contributed by atoms with Crippen molar-refractivity contribution in [3.8, 4) is 0 Å². The van der Waals surface area contributed by atoms with Crippen molar-refractivity contribution >= 4 is 11.8 Å². The second-order valence-electron chi connectivity index (χ2n) is 4.90. The predicted octanol–water partition coefficient (Wildman–Crippen LogP) is -0.737. The van der Waals surface area contributed by atoms with E-state index in [9.17, 15) is 14.7 Å². The van der Waals surface area contributed by atoms with Gasteiger partial charge in [0.1, 0.15) is 0 Å². The van der Waals surface area contributed by atoms with Crippen molar-refractivity contribution in [1.29, 1.82) is 0 Å². The Labute approximate surface area is 107 Å². The van der Waals surface area contributed by atoms with Gasteiger partial charge < -0.3 is 21.5 Å². The van der Waals surface area contributed by atoms with Crippen LogP contribution in [-0.4, -0.2) is 42.2 Å². The standard InChI is InChI=1S/C12H23N3O3/c13-7-10(16)14-8-11(17)15-9-12(18)5-3-1-2-4-6-12/h18H,1-9,13H2,(H,14,16)(H,15,17). The third-order valence-electron chi connectivity index (χ3n) is 3.28. The summed E-state index contributed by atoms with van der Waals surface area (Å²) in [7, 11) is 0. The number of rotatable bonds is 5. The minimum atomic E-state index is -0.788. The molecule has 0 spiro atoms. The zero-order valence-corrected chi connectivity index (χ0v) is 10.7. The van der Waals surface area contributed by atoms with Crippen molar-refractivity contribution in [3.05, 3.63) is 0 Å². The topological polar surface area (TPSA) is 104 Å². The molecule has 1 aliphatic carbocycles. The first-order chi connectivity index (χ1) is 8.56. The van der Waals surface area contributed by atoms with Crippen LogP contribution in [0.2, 0.25) is 0 Å². The molecule has 0 radical (unpaired) electrons. The molecule has 1 fully saturated rings. The molecule has 0 aliphatic heterocycles. The lowest BCUT2D eigenvalue weighted by molar-refractivity contribution is -0.126. The van der Waals surface area contributed by atoms with Crippen LogP contribution in [0.3, 0.4) is 0 Å². The summed E-state index contributed by atoms with van der Waals surface area (Å²) in [4.78, 5) is 22.3. The van der Waals surface area contributed by atoms with Crippen LogP contribution in [-0.2, 0) is 9.59 Å². The average Bonchev–Trinajstić information content (AvgIpc) is 2.59. The Balaban J connectivity index is 2.25. The number of aliphatic hydroxyl groups is 1. The minimum Gasteiger partial charge on any atom is -0.388 e. The lowest BCUT2D eigenvalue weighted by atomic mass is 9.94. The van der Waals surface area contributed by atoms with E-state index in [-0.39, 0.29) is 31.4 Å². The van der Waals surface area contributed by atoms with E-state index in [0.717, 1.165) is 38.5 Å². The number of nitrogens with two attached hydrogens (primary N) is 1. The van der Waals surface area contributed by atoms with E-state index < -0.39 is 5.60 Å². The van der Waals surface area contributed by atoms with Gasteiger partial charge in [-0.2, -0.15) is 0 Å². The highest BCUT2D eigenvalue weighted by molar-refractivity contribution is 5.85. The fraction of sp³-hybridized carbons (Fsp3) is 0.833. The van der Waals surface area contributed by atoms with E-state index in [2.05, 4.69) is 10.6 Å². The highest BCUT2D eigenvalue weighted by Crippen LogP contribution is 2.26. The maximum Gasteiger partial charge on any atom is 0.239 e. The fourth-order valence-corrected chi connectivity index (χ4v) is 2.14. The molecule has 18 heavy (non-hydrogen) atoms. The first-order valence-corrected chi connectivity index (χ1v) is 6.51. The summed E-state index contributed by atoms with van der Waals surface area (Å²) < 4.78 is 0. The van der Waals surface area contributed by atoms with Gasteiger partial charge in [0.15, 0.2) is 0 Å². The first-order valence-electron chi connectivity index (χ1n) is 6.51. The third-order valence-corrected chi connectivity index (χ3v) is 3.28. The largest absolute Gasteiger partial charge is 0.388 e. The summed E-state index contributed by atoms with van der Waals surface area (Å²) in [6.07, 6.45) is 5.73. The minimum absolute atomic E-state index is 0.0912. The molecule has 2 amide bonds. The average molecular weight is 257 g/mol. The van der Waals surface area contributed by atoms with Crippen molar-refractivity contribution in [2.45, 2.75) is 44.1 Å². The van der Waals surface area contributed by atoms with Crippen LogP contribution in [0.1, 0.15) is 38.5 Å². The Morgan fingerprint density at radius 1 is 1.06 bits per heavy atom. The van der Waals surface area contributed by atoms with E-state index in [4.69, 9.17) is 5.73 Å². The van der Waals surface area contributed by atoms with Crippen LogP contribution >= 0.6 is 0 Å². The van der Waals surface area contributed by atoms with Gasteiger partial charge in [0, 0.05) is 6.54 Å². The molecule has 1 rings (SSSR count). The molecule has 1 saturated carbocycles. The molecule has 0 atom stereocenters. The molecule has 6 heteroatoms. The van der Waals surface area contributed by atoms with Crippen LogP contribution in [0, 0.1) is 0 Å². The van der Waals surface area contributed by atoms with Crippen molar-refractivity contribution in [1.82, 2.24) is 10.6 Å². The molecule has 0 aromatic rings. The normalized spacial score (nSPS) is 18.8. The van der Waals surface area contributed by atoms with Gasteiger partial charge in [-0.05, 0) is 12.8 Å². The maximum absolute atomic E-state index is 11.5. The Morgan fingerprint density at radius 3 is 2.22 bits per heavy atom. The molecule has 5 N–H and O–H groups in total. The van der Waals surface area contributed by atoms with E-state index in [1.807, 2.05) is 0 Å². The third kappa shape index (κ3) is 5.46. The molecule has 1 aliphatic rings. The molecule has 0 aromatic heterocycles. The lowest BCUT2D eigenvalue weighted by Crippen LogP contribution is -2.46. The van der Waals surface area contributed by atoms with Crippen LogP contribution in [0.4, 0.5) is 0 Å². The van der Waals surface area contributed by atoms with Gasteiger partial charge in [0.2, 0.25) is 11.8 Å². The number of carbonyl (C=O) groups is 2. The second kappa shape index (κ2) is 7.33. The molecule has 0 saturated heterocycles. The maximum atomic E-state index is 11.5. The first kappa shape index (κ1) is 14.9. The van der Waals surface area contributed by atoms with Crippen molar-refractivity contribution in [3.63, 3.8) is 0 Å². The van der Waals surface area contributed by atoms with E-state index in [1.165, 1.54) is 0 Å². The van der Waals surface area contributed by atoms with Crippen LogP contribution in [0.15, 0.2) is 0 Å². The predicted molar refractivity (Wildman–Crippen MR) is 67.7 cm³/mol. The van der Waals surface area contributed by atoms with Crippen molar-refractivity contribution < 1.29 is 14.7 Å². The van der Waals surface area contributed by atoms with Crippen LogP contribution in [0.25, 0.3) is 0 Å². The molecular weight excluding hydrogens is 234 g/mol. The molecule has 0 bridgehead atoms. The Hall–Kier alpha value is -1.14. The summed E-state index contributed by atoms with van der Waals surface area (Å²) in [6, 6.07) is 0. The van der Waals surface area contributed by atoms with Gasteiger partial charge in [-0.25, -0.2) is 0 Å². The summed E-state index contributed by atoms with van der Waals surface area (Å²) in [6.45, 7) is 0.0354. The van der Waals surface area contributed by atoms with Crippen LogP contribution in [0.5, 0.6) is 0 Å². The summed E-state index contributed by atoms with van der Waals surface area (Å²) in [5.41, 5.74) is 4.32. The Morgan fingerprint density at radius 2 is 1.67 bits per heavy atom. The lowest BCUT2D eigenvalue weighted by Gasteiger charge is -2.26. The van der Waals surface area contributed by atoms with Crippen LogP contribution < -0.4 is 16.4 Å². The smallest absolute Gasteiger partial charge is 0.239 e. The Kier molecular flexibility index (Phi) is 6.07. The zero-order chi connectivity index (χ0) is 13.4. The molecular formula is C12H23N3O3. The quantitative estimate of drug-likeness (QED) is 0.487. The van der Waals surface area contributed by atoms with Gasteiger partial charge in [-0.1, -0.05) is 25.7 Å². The monoisotopic (exact) mass is 257 g/mol. The van der Waals surface area contributed by atoms with Gasteiger partial charge in [-0.15, -0.1) is 0 Å². The highest BCUT2D eigenvalue weighted by atomic mass is 16.3. The number of amides is 2. The molecule has 6 nitrogen and oxygen atoms in total. The highest BCUT2D eigenvalue weighted by Gasteiger charge is 2.28. The molecule has 0 aromatic carbocycles. The van der Waals surface area contributed by atoms with E-state index in [1.54, 1.807) is 0 Å². The van der Waals surface area contributed by atoms with E-state index >= 15 is 0 Å². The van der Waals surface area contributed by atoms with Gasteiger partial charge in [0.25, 0.3) is 0 Å². The fourth-order valence-electron chi connectivity index (χ4n) is 2.14. The van der Waals surface area contributed by atoms with Gasteiger partial charge in [-0.3, -0.25) is 9.59 Å². The van der Waals surface area contributed by atoms with Crippen molar-refractivity contribution in [2.24, 2.45) is 5.73 Å². The molecule has 0 heterocycles. The zero-order valence-electron chi connectivity index (χ0n) is 10.7. The van der Waals surface area contributed by atoms with Gasteiger partial charge in [0.05, 0.1) is 18.7 Å². The number of nitrogens with one attached hydrogen (secondary N) is 2. The molecule has 104 valence electrons. The summed E-state index contributed by atoms with van der Waals surface area (Å²) in [5.74, 6) is -0.659. The number of hydrogen-bond acceptors (Lipinski definition) is 4. The van der Waals surface area contributed by atoms with Crippen molar-refractivity contribution in [2.75, 3.05) is 19.6 Å². The SMILES string of the molecule is NCC(=O)NCC(=O)NCC1(O)CCCCCC1.